The zero-order valence-corrected chi connectivity index (χ0v) is 9.61. The number of ether oxygens (including phenoxy) is 1. The van der Waals surface area contributed by atoms with Crippen LogP contribution in [0.3, 0.4) is 0 Å². The predicted molar refractivity (Wildman–Crippen MR) is 59.4 cm³/mol. The molecule has 0 radical (unpaired) electrons. The van der Waals surface area contributed by atoms with Gasteiger partial charge in [0, 0.05) is 5.41 Å². The summed E-state index contributed by atoms with van der Waals surface area (Å²) < 4.78 is 27.7. The van der Waals surface area contributed by atoms with Crippen molar-refractivity contribution in [2.45, 2.75) is 11.3 Å². The summed E-state index contributed by atoms with van der Waals surface area (Å²) in [5, 5.41) is 1.01. The van der Waals surface area contributed by atoms with Gasteiger partial charge in [-0.1, -0.05) is 24.3 Å². The van der Waals surface area contributed by atoms with Crippen molar-refractivity contribution in [1.29, 1.82) is 0 Å². The van der Waals surface area contributed by atoms with Crippen LogP contribution >= 0.6 is 0 Å². The summed E-state index contributed by atoms with van der Waals surface area (Å²) in [7, 11) is -2.20. The first-order chi connectivity index (χ1) is 7.56. The van der Waals surface area contributed by atoms with Crippen molar-refractivity contribution in [2.24, 2.45) is 0 Å². The molecule has 1 aromatic rings. The molecule has 0 unspecified atom stereocenters. The van der Waals surface area contributed by atoms with E-state index in [-0.39, 0.29) is 11.3 Å². The van der Waals surface area contributed by atoms with Crippen molar-refractivity contribution < 1.29 is 17.9 Å². The highest BCUT2D eigenvalue weighted by atomic mass is 32.2. The van der Waals surface area contributed by atoms with Crippen LogP contribution in [0.2, 0.25) is 0 Å². The highest BCUT2D eigenvalue weighted by Crippen LogP contribution is 2.11. The van der Waals surface area contributed by atoms with Gasteiger partial charge in [0.1, 0.15) is 0 Å². The van der Waals surface area contributed by atoms with Gasteiger partial charge < -0.3 is 4.74 Å². The van der Waals surface area contributed by atoms with E-state index >= 15 is 0 Å². The molecule has 0 saturated carbocycles. The van der Waals surface area contributed by atoms with Crippen LogP contribution in [0.5, 0.6) is 0 Å². The van der Waals surface area contributed by atoms with E-state index < -0.39 is 15.8 Å². The lowest BCUT2D eigenvalue weighted by molar-refractivity contribution is -0.139. The number of hydrogen-bond acceptors (Lipinski definition) is 4. The third-order valence-electron chi connectivity index (χ3n) is 1.86. The van der Waals surface area contributed by atoms with Crippen LogP contribution in [0.1, 0.15) is 6.42 Å². The Morgan fingerprint density at radius 1 is 1.31 bits per heavy atom. The molecule has 0 amide bonds. The lowest BCUT2D eigenvalue weighted by atomic mass is 10.4. The minimum atomic E-state index is -3.45. The number of rotatable bonds is 4. The van der Waals surface area contributed by atoms with E-state index in [4.69, 9.17) is 0 Å². The molecule has 0 heterocycles. The van der Waals surface area contributed by atoms with Crippen LogP contribution < -0.4 is 0 Å². The molecule has 0 aliphatic heterocycles. The molecule has 0 aliphatic rings. The second-order valence-electron chi connectivity index (χ2n) is 3.01. The Labute approximate surface area is 94.5 Å². The van der Waals surface area contributed by atoms with Crippen molar-refractivity contribution in [3.8, 4) is 0 Å². The topological polar surface area (TPSA) is 60.4 Å². The van der Waals surface area contributed by atoms with E-state index in [9.17, 15) is 13.2 Å². The largest absolute Gasteiger partial charge is 0.469 e. The molecule has 0 aliphatic carbocycles. The van der Waals surface area contributed by atoms with Gasteiger partial charge in [0.05, 0.1) is 18.4 Å². The Morgan fingerprint density at radius 3 is 2.50 bits per heavy atom. The highest BCUT2D eigenvalue weighted by Gasteiger charge is 2.08. The molecule has 86 valence electrons. The monoisotopic (exact) mass is 240 g/mol. The Bertz CT molecular complexity index is 474. The second-order valence-corrected chi connectivity index (χ2v) is 4.84. The Hall–Kier alpha value is -1.62. The molecule has 0 saturated heterocycles. The number of hydrogen-bond donors (Lipinski definition) is 0. The van der Waals surface area contributed by atoms with Gasteiger partial charge in [-0.15, -0.1) is 0 Å². The number of methoxy groups -OCH3 is 1. The molecule has 0 bridgehead atoms. The van der Waals surface area contributed by atoms with E-state index in [1.165, 1.54) is 25.3 Å². The first kappa shape index (κ1) is 12.4. The maximum absolute atomic E-state index is 11.7. The van der Waals surface area contributed by atoms with Crippen LogP contribution in [0.15, 0.2) is 46.7 Å². The molecule has 0 aromatic heterocycles. The lowest BCUT2D eigenvalue weighted by Gasteiger charge is -1.97. The average molecular weight is 240 g/mol. The van der Waals surface area contributed by atoms with Gasteiger partial charge in [0.2, 0.25) is 0 Å². The van der Waals surface area contributed by atoms with Gasteiger partial charge in [-0.25, -0.2) is 8.42 Å². The van der Waals surface area contributed by atoms with Crippen molar-refractivity contribution >= 4 is 15.8 Å². The summed E-state index contributed by atoms with van der Waals surface area (Å²) in [5.41, 5.74) is 0. The molecule has 16 heavy (non-hydrogen) atoms. The van der Waals surface area contributed by atoms with E-state index in [0.717, 1.165) is 5.41 Å². The van der Waals surface area contributed by atoms with E-state index in [0.29, 0.717) is 0 Å². The molecule has 0 atom stereocenters. The molecule has 5 heteroatoms. The maximum atomic E-state index is 11.7. The first-order valence-corrected chi connectivity index (χ1v) is 6.14. The standard InChI is InChI=1S/C11H12O4S/c1-15-11(12)8-5-9-16(13,14)10-6-3-2-4-7-10/h2-7,9H,8H2,1H3/b9-5+. The number of carbonyl (C=O) groups is 1. The quantitative estimate of drug-likeness (QED) is 0.749. The highest BCUT2D eigenvalue weighted by molar-refractivity contribution is 7.94. The summed E-state index contributed by atoms with van der Waals surface area (Å²) in [6.45, 7) is 0. The van der Waals surface area contributed by atoms with Crippen LogP contribution in [0, 0.1) is 0 Å². The predicted octanol–water partition coefficient (Wildman–Crippen LogP) is 1.54. The Morgan fingerprint density at radius 2 is 1.94 bits per heavy atom. The summed E-state index contributed by atoms with van der Waals surface area (Å²) in [5.74, 6) is -0.473. The zero-order valence-electron chi connectivity index (χ0n) is 8.79. The number of esters is 1. The smallest absolute Gasteiger partial charge is 0.309 e. The van der Waals surface area contributed by atoms with Crippen molar-refractivity contribution in [3.05, 3.63) is 41.8 Å². The van der Waals surface area contributed by atoms with Gasteiger partial charge in [-0.2, -0.15) is 0 Å². The normalized spacial score (nSPS) is 11.6. The van der Waals surface area contributed by atoms with E-state index in [2.05, 4.69) is 4.74 Å². The summed E-state index contributed by atoms with van der Waals surface area (Å²) in [6.07, 6.45) is 1.22. The van der Waals surface area contributed by atoms with Gasteiger partial charge >= 0.3 is 5.97 Å². The summed E-state index contributed by atoms with van der Waals surface area (Å²) >= 11 is 0. The lowest BCUT2D eigenvalue weighted by Crippen LogP contribution is -1.99. The van der Waals surface area contributed by atoms with Gasteiger partial charge in [-0.05, 0) is 12.1 Å². The van der Waals surface area contributed by atoms with Crippen molar-refractivity contribution in [2.75, 3.05) is 7.11 Å². The van der Waals surface area contributed by atoms with Crippen LogP contribution in [0.25, 0.3) is 0 Å². The van der Waals surface area contributed by atoms with Crippen LogP contribution in [0.4, 0.5) is 0 Å². The van der Waals surface area contributed by atoms with E-state index in [1.807, 2.05) is 0 Å². The van der Waals surface area contributed by atoms with Crippen LogP contribution in [-0.2, 0) is 19.4 Å². The second kappa shape index (κ2) is 5.46. The third kappa shape index (κ3) is 3.51. The zero-order chi connectivity index (χ0) is 12.0. The van der Waals surface area contributed by atoms with Crippen LogP contribution in [-0.4, -0.2) is 21.5 Å². The van der Waals surface area contributed by atoms with Gasteiger partial charge in [0.25, 0.3) is 0 Å². The van der Waals surface area contributed by atoms with Crippen molar-refractivity contribution in [1.82, 2.24) is 0 Å². The molecular weight excluding hydrogens is 228 g/mol. The van der Waals surface area contributed by atoms with Crippen molar-refractivity contribution in [3.63, 3.8) is 0 Å². The fraction of sp³-hybridized carbons (Fsp3) is 0.182. The van der Waals surface area contributed by atoms with Gasteiger partial charge in [-0.3, -0.25) is 4.79 Å². The maximum Gasteiger partial charge on any atom is 0.309 e. The Balaban J connectivity index is 2.77. The minimum absolute atomic E-state index is 0.0530. The molecular formula is C11H12O4S. The SMILES string of the molecule is COC(=O)C/C=C/S(=O)(=O)c1ccccc1. The number of benzene rings is 1. The molecule has 0 spiro atoms. The summed E-state index contributed by atoms with van der Waals surface area (Å²) in [6, 6.07) is 8.01. The molecule has 4 nitrogen and oxygen atoms in total. The van der Waals surface area contributed by atoms with E-state index in [1.54, 1.807) is 18.2 Å². The number of carbonyl (C=O) groups excluding carboxylic acids is 1. The van der Waals surface area contributed by atoms with Gasteiger partial charge in [0.15, 0.2) is 9.84 Å². The summed E-state index contributed by atoms with van der Waals surface area (Å²) in [4.78, 5) is 11.0. The molecule has 0 fully saturated rings. The molecule has 1 aromatic carbocycles. The molecule has 1 rings (SSSR count). The molecule has 0 N–H and O–H groups in total. The average Bonchev–Trinajstić information content (AvgIpc) is 2.30. The first-order valence-electron chi connectivity index (χ1n) is 4.60. The minimum Gasteiger partial charge on any atom is -0.469 e. The fourth-order valence-electron chi connectivity index (χ4n) is 1.04. The number of sulfone groups is 1. The third-order valence-corrected chi connectivity index (χ3v) is 3.34. The fourth-order valence-corrected chi connectivity index (χ4v) is 2.09. The Kier molecular flexibility index (Phi) is 4.25.